The van der Waals surface area contributed by atoms with Crippen LogP contribution in [0.2, 0.25) is 0 Å². The van der Waals surface area contributed by atoms with Crippen LogP contribution in [0.1, 0.15) is 0 Å². The summed E-state index contributed by atoms with van der Waals surface area (Å²) in [6.07, 6.45) is 1.11. The number of aromatic amines is 1. The molecule has 1 N–H and O–H groups in total. The van der Waals surface area contributed by atoms with Crippen molar-refractivity contribution in [2.24, 2.45) is 0 Å². The molecule has 0 radical (unpaired) electrons. The third kappa shape index (κ3) is 1.88. The second kappa shape index (κ2) is 4.13. The van der Waals surface area contributed by atoms with Gasteiger partial charge in [-0.05, 0) is 34.1 Å². The van der Waals surface area contributed by atoms with Crippen molar-refractivity contribution in [2.75, 3.05) is 0 Å². The molecule has 3 aromatic rings. The number of rotatable bonds is 1. The van der Waals surface area contributed by atoms with E-state index in [0.29, 0.717) is 27.0 Å². The van der Waals surface area contributed by atoms with Gasteiger partial charge in [0.15, 0.2) is 5.82 Å². The van der Waals surface area contributed by atoms with Gasteiger partial charge in [0.25, 0.3) is 0 Å². The molecule has 0 saturated heterocycles. The highest BCUT2D eigenvalue weighted by Gasteiger charge is 2.09. The van der Waals surface area contributed by atoms with Crippen LogP contribution in [-0.4, -0.2) is 15.0 Å². The lowest BCUT2D eigenvalue weighted by atomic mass is 10.3. The second-order valence-corrected chi connectivity index (χ2v) is 4.58. The average Bonchev–Trinajstić information content (AvgIpc) is 2.73. The van der Waals surface area contributed by atoms with Gasteiger partial charge < -0.3 is 4.98 Å². The molecule has 0 fully saturated rings. The Morgan fingerprint density at radius 2 is 2.00 bits per heavy atom. The molecular formula is C12H6BrF2N3. The Morgan fingerprint density at radius 3 is 2.72 bits per heavy atom. The van der Waals surface area contributed by atoms with Gasteiger partial charge in [-0.15, -0.1) is 0 Å². The largest absolute Gasteiger partial charge is 0.337 e. The van der Waals surface area contributed by atoms with Gasteiger partial charge >= 0.3 is 0 Å². The van der Waals surface area contributed by atoms with Crippen molar-refractivity contribution in [1.82, 2.24) is 15.0 Å². The van der Waals surface area contributed by atoms with E-state index >= 15 is 0 Å². The molecule has 3 rings (SSSR count). The molecule has 0 atom stereocenters. The minimum absolute atomic E-state index is 0.347. The van der Waals surface area contributed by atoms with Gasteiger partial charge in [-0.1, -0.05) is 0 Å². The third-order valence-electron chi connectivity index (χ3n) is 2.49. The van der Waals surface area contributed by atoms with E-state index in [-0.39, 0.29) is 5.82 Å². The molecule has 18 heavy (non-hydrogen) atoms. The molecule has 6 heteroatoms. The van der Waals surface area contributed by atoms with E-state index in [0.717, 1.165) is 6.20 Å². The lowest BCUT2D eigenvalue weighted by molar-refractivity contribution is 0.621. The molecule has 0 aliphatic heterocycles. The molecule has 0 aliphatic rings. The summed E-state index contributed by atoms with van der Waals surface area (Å²) in [5.41, 5.74) is 1.69. The summed E-state index contributed by atoms with van der Waals surface area (Å²) in [5, 5.41) is 0. The normalized spacial score (nSPS) is 11.1. The fraction of sp³-hybridized carbons (Fsp3) is 0. The molecule has 2 heterocycles. The highest BCUT2D eigenvalue weighted by molar-refractivity contribution is 9.10. The van der Waals surface area contributed by atoms with E-state index in [1.165, 1.54) is 18.2 Å². The zero-order valence-electron chi connectivity index (χ0n) is 8.92. The summed E-state index contributed by atoms with van der Waals surface area (Å²) < 4.78 is 26.5. The summed E-state index contributed by atoms with van der Waals surface area (Å²) in [6, 6.07) is 5.73. The summed E-state index contributed by atoms with van der Waals surface area (Å²) >= 11 is 3.10. The molecule has 2 aromatic heterocycles. The summed E-state index contributed by atoms with van der Waals surface area (Å²) in [7, 11) is 0. The first-order valence-corrected chi connectivity index (χ1v) is 5.89. The van der Waals surface area contributed by atoms with E-state index in [1.807, 2.05) is 0 Å². The quantitative estimate of drug-likeness (QED) is 0.745. The van der Waals surface area contributed by atoms with E-state index in [1.54, 1.807) is 6.07 Å². The highest BCUT2D eigenvalue weighted by atomic mass is 79.9. The Labute approximate surface area is 109 Å². The van der Waals surface area contributed by atoms with Crippen molar-refractivity contribution in [1.29, 1.82) is 0 Å². The number of halogens is 3. The maximum absolute atomic E-state index is 13.4. The standard InChI is InChI=1S/C12H6BrF2N3/c13-7-3-10-11(4-8(7)15)18-12(17-10)9-2-1-6(14)5-16-9/h1-5H,(H,17,18). The number of nitrogens with zero attached hydrogens (tertiary/aromatic N) is 2. The smallest absolute Gasteiger partial charge is 0.157 e. The van der Waals surface area contributed by atoms with Crippen LogP contribution < -0.4 is 0 Å². The Balaban J connectivity index is 2.16. The number of imidazole rings is 1. The fourth-order valence-corrected chi connectivity index (χ4v) is 1.97. The number of benzene rings is 1. The Morgan fingerprint density at radius 1 is 1.17 bits per heavy atom. The Bertz CT molecular complexity index is 683. The van der Waals surface area contributed by atoms with Crippen LogP contribution >= 0.6 is 15.9 Å². The number of H-pyrrole nitrogens is 1. The van der Waals surface area contributed by atoms with Crippen molar-refractivity contribution in [3.05, 3.63) is 46.6 Å². The Kier molecular flexibility index (Phi) is 2.59. The van der Waals surface area contributed by atoms with Crippen molar-refractivity contribution >= 4 is 27.0 Å². The predicted octanol–water partition coefficient (Wildman–Crippen LogP) is 3.67. The first kappa shape index (κ1) is 11.3. The highest BCUT2D eigenvalue weighted by Crippen LogP contribution is 2.24. The van der Waals surface area contributed by atoms with E-state index in [4.69, 9.17) is 0 Å². The predicted molar refractivity (Wildman–Crippen MR) is 66.9 cm³/mol. The minimum Gasteiger partial charge on any atom is -0.337 e. The van der Waals surface area contributed by atoms with Crippen molar-refractivity contribution in [3.8, 4) is 11.5 Å². The molecule has 0 saturated carbocycles. The van der Waals surface area contributed by atoms with Crippen LogP contribution in [0.25, 0.3) is 22.6 Å². The zero-order valence-corrected chi connectivity index (χ0v) is 10.5. The first-order valence-electron chi connectivity index (χ1n) is 5.10. The Hall–Kier alpha value is -1.82. The van der Waals surface area contributed by atoms with E-state index in [9.17, 15) is 8.78 Å². The molecule has 0 spiro atoms. The van der Waals surface area contributed by atoms with Crippen LogP contribution in [0, 0.1) is 11.6 Å². The number of fused-ring (bicyclic) bond motifs is 1. The van der Waals surface area contributed by atoms with Crippen molar-refractivity contribution in [2.45, 2.75) is 0 Å². The van der Waals surface area contributed by atoms with Crippen LogP contribution in [-0.2, 0) is 0 Å². The maximum atomic E-state index is 13.4. The molecule has 0 unspecified atom stereocenters. The SMILES string of the molecule is Fc1ccc(-c2nc3cc(Br)c(F)cc3[nH]2)nc1. The van der Waals surface area contributed by atoms with Gasteiger partial charge in [0.2, 0.25) is 0 Å². The zero-order chi connectivity index (χ0) is 12.7. The van der Waals surface area contributed by atoms with Gasteiger partial charge in [0.05, 0.1) is 21.7 Å². The van der Waals surface area contributed by atoms with Gasteiger partial charge in [-0.25, -0.2) is 18.7 Å². The monoisotopic (exact) mass is 309 g/mol. The van der Waals surface area contributed by atoms with Crippen molar-refractivity contribution in [3.63, 3.8) is 0 Å². The summed E-state index contributed by atoms with van der Waals surface area (Å²) in [5.74, 6) is -0.309. The van der Waals surface area contributed by atoms with Gasteiger partial charge in [0.1, 0.15) is 17.3 Å². The van der Waals surface area contributed by atoms with Gasteiger partial charge in [0, 0.05) is 6.07 Å². The first-order chi connectivity index (χ1) is 8.63. The lowest BCUT2D eigenvalue weighted by Gasteiger charge is -1.93. The maximum Gasteiger partial charge on any atom is 0.157 e. The number of hydrogen-bond donors (Lipinski definition) is 1. The molecular weight excluding hydrogens is 304 g/mol. The van der Waals surface area contributed by atoms with Crippen LogP contribution in [0.3, 0.4) is 0 Å². The molecule has 90 valence electrons. The van der Waals surface area contributed by atoms with Crippen LogP contribution in [0.15, 0.2) is 34.9 Å². The average molecular weight is 310 g/mol. The number of nitrogens with one attached hydrogen (secondary N) is 1. The van der Waals surface area contributed by atoms with Gasteiger partial charge in [-0.3, -0.25) is 0 Å². The number of aromatic nitrogens is 3. The molecule has 0 amide bonds. The van der Waals surface area contributed by atoms with Gasteiger partial charge in [-0.2, -0.15) is 0 Å². The van der Waals surface area contributed by atoms with Crippen molar-refractivity contribution < 1.29 is 8.78 Å². The van der Waals surface area contributed by atoms with Crippen LogP contribution in [0.4, 0.5) is 8.78 Å². The lowest BCUT2D eigenvalue weighted by Crippen LogP contribution is -1.85. The molecule has 1 aromatic carbocycles. The van der Waals surface area contributed by atoms with E-state index in [2.05, 4.69) is 30.9 Å². The topological polar surface area (TPSA) is 41.6 Å². The number of pyridine rings is 1. The fourth-order valence-electron chi connectivity index (χ4n) is 1.64. The minimum atomic E-state index is -0.413. The summed E-state index contributed by atoms with van der Waals surface area (Å²) in [6.45, 7) is 0. The molecule has 3 nitrogen and oxygen atoms in total. The third-order valence-corrected chi connectivity index (χ3v) is 3.10. The molecule has 0 bridgehead atoms. The number of hydrogen-bond acceptors (Lipinski definition) is 2. The summed E-state index contributed by atoms with van der Waals surface area (Å²) in [4.78, 5) is 11.1. The molecule has 0 aliphatic carbocycles. The second-order valence-electron chi connectivity index (χ2n) is 3.73. The van der Waals surface area contributed by atoms with E-state index < -0.39 is 5.82 Å². The van der Waals surface area contributed by atoms with Crippen LogP contribution in [0.5, 0.6) is 0 Å².